The molecule has 0 atom stereocenters. The van der Waals surface area contributed by atoms with Gasteiger partial charge in [-0.05, 0) is 50.5 Å². The number of primary amides is 1. The Kier molecular flexibility index (Phi) is 4.13. The monoisotopic (exact) mass is 277 g/mol. The van der Waals surface area contributed by atoms with Crippen LogP contribution in [0.4, 0.5) is 11.5 Å². The van der Waals surface area contributed by atoms with Crippen LogP contribution in [0.1, 0.15) is 30.3 Å². The van der Waals surface area contributed by atoms with Crippen molar-refractivity contribution in [2.24, 2.45) is 11.1 Å². The van der Waals surface area contributed by atoms with E-state index in [0.717, 1.165) is 32.5 Å². The number of carbonyl (C=O) groups excluding carboxylic acids is 1. The summed E-state index contributed by atoms with van der Waals surface area (Å²) in [5.74, 6) is 0.00000553. The molecular formula is C14H23N5O. The lowest BCUT2D eigenvalue weighted by Crippen LogP contribution is -2.40. The molecule has 1 aromatic heterocycles. The van der Waals surface area contributed by atoms with Crippen molar-refractivity contribution in [2.75, 3.05) is 37.7 Å². The number of nitrogens with two attached hydrogens (primary N) is 2. The molecule has 0 bridgehead atoms. The largest absolute Gasteiger partial charge is 0.396 e. The van der Waals surface area contributed by atoms with Crippen LogP contribution in [-0.4, -0.2) is 42.5 Å². The molecule has 0 unspecified atom stereocenters. The molecule has 6 heteroatoms. The van der Waals surface area contributed by atoms with Crippen LogP contribution in [0.15, 0.2) is 12.1 Å². The fourth-order valence-corrected chi connectivity index (χ4v) is 2.38. The second kappa shape index (κ2) is 5.66. The fourth-order valence-electron chi connectivity index (χ4n) is 2.38. The van der Waals surface area contributed by atoms with Gasteiger partial charge in [0.05, 0.1) is 5.69 Å². The van der Waals surface area contributed by atoms with E-state index in [9.17, 15) is 4.79 Å². The Labute approximate surface area is 119 Å². The maximum Gasteiger partial charge on any atom is 0.267 e. The van der Waals surface area contributed by atoms with Crippen LogP contribution >= 0.6 is 0 Å². The number of rotatable bonds is 4. The average Bonchev–Trinajstić information content (AvgIpc) is 2.41. The van der Waals surface area contributed by atoms with Crippen molar-refractivity contribution >= 4 is 17.4 Å². The van der Waals surface area contributed by atoms with Gasteiger partial charge in [-0.25, -0.2) is 4.98 Å². The normalized spacial score (nSPS) is 18.7. The van der Waals surface area contributed by atoms with E-state index >= 15 is 0 Å². The van der Waals surface area contributed by atoms with Crippen LogP contribution < -0.4 is 16.8 Å². The minimum absolute atomic E-state index is 0.226. The van der Waals surface area contributed by atoms with Crippen molar-refractivity contribution < 1.29 is 4.79 Å². The van der Waals surface area contributed by atoms with Crippen LogP contribution in [0.25, 0.3) is 0 Å². The van der Waals surface area contributed by atoms with Gasteiger partial charge in [-0.1, -0.05) is 6.92 Å². The number of nitrogens with zero attached hydrogens (tertiary/aromatic N) is 2. The number of hydrogen-bond donors (Lipinski definition) is 3. The Morgan fingerprint density at radius 3 is 2.70 bits per heavy atom. The molecule has 20 heavy (non-hydrogen) atoms. The number of likely N-dealkylation sites (tertiary alicyclic amines) is 1. The summed E-state index contributed by atoms with van der Waals surface area (Å²) in [4.78, 5) is 17.7. The van der Waals surface area contributed by atoms with E-state index in [2.05, 4.69) is 29.2 Å². The number of carbonyl (C=O) groups is 1. The number of piperidine rings is 1. The quantitative estimate of drug-likeness (QED) is 0.760. The first kappa shape index (κ1) is 14.6. The molecule has 0 saturated carbocycles. The maximum absolute atomic E-state index is 11.2. The predicted octanol–water partition coefficient (Wildman–Crippen LogP) is 0.906. The Hall–Kier alpha value is -1.82. The van der Waals surface area contributed by atoms with E-state index in [-0.39, 0.29) is 11.1 Å². The third kappa shape index (κ3) is 3.39. The van der Waals surface area contributed by atoms with Gasteiger partial charge in [0, 0.05) is 6.54 Å². The maximum atomic E-state index is 11.2. The number of nitrogens with one attached hydrogen (secondary N) is 1. The summed E-state index contributed by atoms with van der Waals surface area (Å²) in [5, 5.41) is 3.27. The lowest BCUT2D eigenvalue weighted by molar-refractivity contribution is 0.0996. The SMILES string of the molecule is CN1CCC(C)(CNc2nc(C(N)=O)ccc2N)CC1. The van der Waals surface area contributed by atoms with Gasteiger partial charge in [0.15, 0.2) is 0 Å². The molecule has 5 N–H and O–H groups in total. The predicted molar refractivity (Wildman–Crippen MR) is 80.5 cm³/mol. The van der Waals surface area contributed by atoms with Crippen LogP contribution in [0.3, 0.4) is 0 Å². The molecule has 1 fully saturated rings. The fraction of sp³-hybridized carbons (Fsp3) is 0.571. The van der Waals surface area contributed by atoms with Gasteiger partial charge in [0.2, 0.25) is 0 Å². The minimum atomic E-state index is -0.543. The van der Waals surface area contributed by atoms with E-state index in [4.69, 9.17) is 11.5 Å². The van der Waals surface area contributed by atoms with Crippen LogP contribution in [0, 0.1) is 5.41 Å². The van der Waals surface area contributed by atoms with Crippen LogP contribution in [0.2, 0.25) is 0 Å². The Morgan fingerprint density at radius 1 is 1.45 bits per heavy atom. The van der Waals surface area contributed by atoms with Gasteiger partial charge in [-0.15, -0.1) is 0 Å². The molecule has 2 heterocycles. The molecule has 110 valence electrons. The van der Waals surface area contributed by atoms with E-state index in [1.54, 1.807) is 12.1 Å². The third-order valence-electron chi connectivity index (χ3n) is 4.06. The molecule has 1 aromatic rings. The summed E-state index contributed by atoms with van der Waals surface area (Å²) in [6.45, 7) is 5.26. The highest BCUT2D eigenvalue weighted by Crippen LogP contribution is 2.31. The van der Waals surface area contributed by atoms with Crippen molar-refractivity contribution in [1.82, 2.24) is 9.88 Å². The smallest absolute Gasteiger partial charge is 0.267 e. The Morgan fingerprint density at radius 2 is 2.10 bits per heavy atom. The zero-order chi connectivity index (χ0) is 14.8. The van der Waals surface area contributed by atoms with Gasteiger partial charge in [0.25, 0.3) is 5.91 Å². The number of hydrogen-bond acceptors (Lipinski definition) is 5. The summed E-state index contributed by atoms with van der Waals surface area (Å²) in [5.41, 5.74) is 12.1. The first-order chi connectivity index (χ1) is 9.39. The van der Waals surface area contributed by atoms with Gasteiger partial charge in [-0.3, -0.25) is 4.79 Å². The third-order valence-corrected chi connectivity index (χ3v) is 4.06. The van der Waals surface area contributed by atoms with E-state index in [1.807, 2.05) is 0 Å². The minimum Gasteiger partial charge on any atom is -0.396 e. The van der Waals surface area contributed by atoms with Crippen molar-refractivity contribution in [3.05, 3.63) is 17.8 Å². The first-order valence-corrected chi connectivity index (χ1v) is 6.88. The zero-order valence-electron chi connectivity index (χ0n) is 12.1. The second-order valence-electron chi connectivity index (χ2n) is 5.97. The first-order valence-electron chi connectivity index (χ1n) is 6.88. The van der Waals surface area contributed by atoms with E-state index in [0.29, 0.717) is 11.5 Å². The lowest BCUT2D eigenvalue weighted by Gasteiger charge is -2.38. The molecule has 1 aliphatic rings. The second-order valence-corrected chi connectivity index (χ2v) is 5.97. The molecule has 0 aromatic carbocycles. The summed E-state index contributed by atoms with van der Waals surface area (Å²) in [6, 6.07) is 3.20. The molecule has 0 spiro atoms. The highest BCUT2D eigenvalue weighted by atomic mass is 16.1. The summed E-state index contributed by atoms with van der Waals surface area (Å²) in [7, 11) is 2.14. The highest BCUT2D eigenvalue weighted by Gasteiger charge is 2.28. The molecule has 2 rings (SSSR count). The molecular weight excluding hydrogens is 254 g/mol. The molecule has 0 radical (unpaired) electrons. The number of anilines is 2. The number of amides is 1. The Balaban J connectivity index is 2.03. The summed E-state index contributed by atoms with van der Waals surface area (Å²) in [6.07, 6.45) is 2.26. The molecule has 1 amide bonds. The Bertz CT molecular complexity index is 494. The van der Waals surface area contributed by atoms with Gasteiger partial charge >= 0.3 is 0 Å². The summed E-state index contributed by atoms with van der Waals surface area (Å²) >= 11 is 0. The van der Waals surface area contributed by atoms with Crippen molar-refractivity contribution in [3.63, 3.8) is 0 Å². The van der Waals surface area contributed by atoms with Crippen molar-refractivity contribution in [3.8, 4) is 0 Å². The van der Waals surface area contributed by atoms with Gasteiger partial charge in [0.1, 0.15) is 11.5 Å². The topological polar surface area (TPSA) is 97.3 Å². The number of aromatic nitrogens is 1. The average molecular weight is 277 g/mol. The molecule has 6 nitrogen and oxygen atoms in total. The lowest BCUT2D eigenvalue weighted by atomic mass is 9.80. The van der Waals surface area contributed by atoms with E-state index < -0.39 is 5.91 Å². The molecule has 1 saturated heterocycles. The van der Waals surface area contributed by atoms with E-state index in [1.165, 1.54) is 0 Å². The van der Waals surface area contributed by atoms with Crippen LogP contribution in [0.5, 0.6) is 0 Å². The number of pyridine rings is 1. The summed E-state index contributed by atoms with van der Waals surface area (Å²) < 4.78 is 0. The van der Waals surface area contributed by atoms with Crippen molar-refractivity contribution in [1.29, 1.82) is 0 Å². The van der Waals surface area contributed by atoms with Crippen molar-refractivity contribution in [2.45, 2.75) is 19.8 Å². The highest BCUT2D eigenvalue weighted by molar-refractivity contribution is 5.91. The van der Waals surface area contributed by atoms with Gasteiger partial charge < -0.3 is 21.7 Å². The molecule has 1 aliphatic heterocycles. The zero-order valence-corrected chi connectivity index (χ0v) is 12.1. The number of nitrogen functional groups attached to an aromatic ring is 1. The standard InChI is InChI=1S/C14H23N5O/c1-14(5-7-19(2)8-6-14)9-17-13-10(15)3-4-11(18-13)12(16)20/h3-4H,5-9,15H2,1-2H3,(H2,16,20)(H,17,18). The molecule has 0 aliphatic carbocycles. The van der Waals surface area contributed by atoms with Crippen LogP contribution in [-0.2, 0) is 0 Å². The van der Waals surface area contributed by atoms with Gasteiger partial charge in [-0.2, -0.15) is 0 Å².